The molecule has 1 fully saturated rings. The average molecular weight is 288 g/mol. The van der Waals surface area contributed by atoms with Crippen LogP contribution in [-0.4, -0.2) is 39.5 Å². The molecule has 0 aromatic carbocycles. The van der Waals surface area contributed by atoms with E-state index in [2.05, 4.69) is 16.5 Å². The van der Waals surface area contributed by atoms with Crippen molar-refractivity contribution in [3.8, 4) is 0 Å². The summed E-state index contributed by atoms with van der Waals surface area (Å²) in [6, 6.07) is 3.39. The summed E-state index contributed by atoms with van der Waals surface area (Å²) in [5.41, 5.74) is 0. The maximum Gasteiger partial charge on any atom is 0.250 e. The second-order valence-electron chi connectivity index (χ2n) is 4.85. The molecule has 0 saturated carbocycles. The van der Waals surface area contributed by atoms with Crippen LogP contribution in [0.15, 0.2) is 21.7 Å². The lowest BCUT2D eigenvalue weighted by atomic mass is 9.99. The molecule has 2 heterocycles. The molecule has 0 aliphatic carbocycles. The van der Waals surface area contributed by atoms with Crippen LogP contribution in [0.2, 0.25) is 0 Å². The Kier molecular flexibility index (Phi) is 4.77. The number of hydrogen-bond acceptors (Lipinski definition) is 4. The Bertz CT molecular complexity index is 448. The molecule has 1 N–H and O–H groups in total. The molecule has 1 saturated heterocycles. The van der Waals surface area contributed by atoms with Gasteiger partial charge in [-0.2, -0.15) is 0 Å². The molecule has 1 aromatic heterocycles. The molecule has 6 heteroatoms. The third-order valence-corrected chi connectivity index (χ3v) is 6.21. The topological polar surface area (TPSA) is 49.4 Å². The zero-order chi connectivity index (χ0) is 13.0. The number of nitrogens with zero attached hydrogens (tertiary/aromatic N) is 1. The predicted octanol–water partition coefficient (Wildman–Crippen LogP) is 1.76. The summed E-state index contributed by atoms with van der Waals surface area (Å²) in [7, 11) is -3.29. The Labute approximate surface area is 113 Å². The molecule has 0 spiro atoms. The monoisotopic (exact) mass is 288 g/mol. The second-order valence-corrected chi connectivity index (χ2v) is 7.80. The van der Waals surface area contributed by atoms with Gasteiger partial charge in [0.05, 0.1) is 0 Å². The van der Waals surface area contributed by atoms with E-state index in [-0.39, 0.29) is 0 Å². The number of piperidine rings is 1. The normalized spacial score (nSPS) is 19.2. The smallest absolute Gasteiger partial charge is 0.250 e. The Hall–Kier alpha value is -0.430. The summed E-state index contributed by atoms with van der Waals surface area (Å²) in [5.74, 6) is 0.809. The molecule has 1 aromatic rings. The van der Waals surface area contributed by atoms with Gasteiger partial charge in [0, 0.05) is 13.1 Å². The highest BCUT2D eigenvalue weighted by atomic mass is 32.2. The van der Waals surface area contributed by atoms with E-state index in [1.54, 1.807) is 17.5 Å². The molecule has 1 aliphatic heterocycles. The van der Waals surface area contributed by atoms with Crippen LogP contribution in [0.3, 0.4) is 0 Å². The van der Waals surface area contributed by atoms with Crippen molar-refractivity contribution >= 4 is 21.4 Å². The van der Waals surface area contributed by atoms with Crippen molar-refractivity contribution in [2.24, 2.45) is 5.92 Å². The first kappa shape index (κ1) is 14.0. The Morgan fingerprint density at radius 2 is 2.17 bits per heavy atom. The largest absolute Gasteiger partial charge is 0.302 e. The minimum Gasteiger partial charge on any atom is -0.302 e. The van der Waals surface area contributed by atoms with Gasteiger partial charge in [-0.05, 0) is 43.3 Å². The van der Waals surface area contributed by atoms with E-state index in [9.17, 15) is 8.42 Å². The fourth-order valence-electron chi connectivity index (χ4n) is 2.11. The fraction of sp³-hybridized carbons (Fsp3) is 0.667. The Morgan fingerprint density at radius 3 is 2.78 bits per heavy atom. The van der Waals surface area contributed by atoms with Gasteiger partial charge in [0.25, 0.3) is 0 Å². The summed E-state index contributed by atoms with van der Waals surface area (Å²) in [6.45, 7) is 5.74. The lowest BCUT2D eigenvalue weighted by Crippen LogP contribution is -2.39. The van der Waals surface area contributed by atoms with Gasteiger partial charge in [0.2, 0.25) is 10.0 Å². The summed E-state index contributed by atoms with van der Waals surface area (Å²) in [6.07, 6.45) is 2.44. The number of rotatable bonds is 5. The van der Waals surface area contributed by atoms with E-state index in [0.717, 1.165) is 25.6 Å². The Balaban J connectivity index is 1.75. The molecule has 0 bridgehead atoms. The zero-order valence-corrected chi connectivity index (χ0v) is 12.3. The molecule has 0 unspecified atom stereocenters. The first-order valence-corrected chi connectivity index (χ1v) is 8.70. The van der Waals surface area contributed by atoms with Crippen LogP contribution >= 0.6 is 11.3 Å². The van der Waals surface area contributed by atoms with Crippen LogP contribution < -0.4 is 4.72 Å². The molecule has 4 nitrogen and oxygen atoms in total. The van der Waals surface area contributed by atoms with Crippen molar-refractivity contribution in [2.45, 2.75) is 24.0 Å². The first-order valence-electron chi connectivity index (χ1n) is 6.33. The van der Waals surface area contributed by atoms with Crippen LogP contribution in [0, 0.1) is 5.92 Å². The molecule has 102 valence electrons. The third-order valence-electron chi connectivity index (χ3n) is 3.36. The van der Waals surface area contributed by atoms with E-state index in [1.807, 2.05) is 0 Å². The average Bonchev–Trinajstić information content (AvgIpc) is 2.86. The molecular formula is C12H20N2O2S2. The van der Waals surface area contributed by atoms with E-state index in [1.165, 1.54) is 24.2 Å². The molecule has 0 amide bonds. The van der Waals surface area contributed by atoms with Crippen molar-refractivity contribution in [1.82, 2.24) is 9.62 Å². The highest BCUT2D eigenvalue weighted by Gasteiger charge is 2.17. The molecule has 1 aliphatic rings. The van der Waals surface area contributed by atoms with Crippen molar-refractivity contribution in [3.05, 3.63) is 17.5 Å². The van der Waals surface area contributed by atoms with Crippen LogP contribution in [-0.2, 0) is 10.0 Å². The van der Waals surface area contributed by atoms with E-state index < -0.39 is 10.0 Å². The van der Waals surface area contributed by atoms with Gasteiger partial charge in [-0.25, -0.2) is 13.1 Å². The zero-order valence-electron chi connectivity index (χ0n) is 10.6. The summed E-state index contributed by atoms with van der Waals surface area (Å²) in [4.78, 5) is 2.33. The molecule has 18 heavy (non-hydrogen) atoms. The molecular weight excluding hydrogens is 268 g/mol. The van der Waals surface area contributed by atoms with Gasteiger partial charge in [0.1, 0.15) is 4.21 Å². The van der Waals surface area contributed by atoms with Crippen LogP contribution in [0.25, 0.3) is 0 Å². The molecule has 2 rings (SSSR count). The van der Waals surface area contributed by atoms with Crippen LogP contribution in [0.5, 0.6) is 0 Å². The minimum absolute atomic E-state index is 0.398. The van der Waals surface area contributed by atoms with Crippen molar-refractivity contribution in [2.75, 3.05) is 26.2 Å². The van der Waals surface area contributed by atoms with E-state index in [4.69, 9.17) is 0 Å². The van der Waals surface area contributed by atoms with Crippen LogP contribution in [0.1, 0.15) is 19.8 Å². The van der Waals surface area contributed by atoms with E-state index >= 15 is 0 Å². The highest BCUT2D eigenvalue weighted by molar-refractivity contribution is 7.91. The van der Waals surface area contributed by atoms with Gasteiger partial charge in [-0.15, -0.1) is 11.3 Å². The van der Waals surface area contributed by atoms with Gasteiger partial charge < -0.3 is 4.90 Å². The highest BCUT2D eigenvalue weighted by Crippen LogP contribution is 2.16. The SMILES string of the molecule is CC1CCN(CCNS(=O)(=O)c2cccs2)CC1. The summed E-state index contributed by atoms with van der Waals surface area (Å²) in [5, 5.41) is 1.78. The standard InChI is InChI=1S/C12H20N2O2S2/c1-11-4-7-14(8-5-11)9-6-13-18(15,16)12-3-2-10-17-12/h2-3,10-11,13H,4-9H2,1H3. The third kappa shape index (κ3) is 3.78. The Morgan fingerprint density at radius 1 is 1.44 bits per heavy atom. The van der Waals surface area contributed by atoms with Gasteiger partial charge in [-0.1, -0.05) is 13.0 Å². The summed E-state index contributed by atoms with van der Waals surface area (Å²) >= 11 is 1.25. The molecule has 0 radical (unpaired) electrons. The van der Waals surface area contributed by atoms with Gasteiger partial charge in [0.15, 0.2) is 0 Å². The maximum absolute atomic E-state index is 11.9. The van der Waals surface area contributed by atoms with Gasteiger partial charge >= 0.3 is 0 Å². The summed E-state index contributed by atoms with van der Waals surface area (Å²) < 4.78 is 26.8. The minimum atomic E-state index is -3.29. The number of thiophene rings is 1. The maximum atomic E-state index is 11.9. The number of nitrogens with one attached hydrogen (secondary N) is 1. The fourth-order valence-corrected chi connectivity index (χ4v) is 4.17. The second kappa shape index (κ2) is 6.14. The van der Waals surface area contributed by atoms with Crippen LogP contribution in [0.4, 0.5) is 0 Å². The first-order chi connectivity index (χ1) is 8.58. The lowest BCUT2D eigenvalue weighted by molar-refractivity contribution is 0.195. The van der Waals surface area contributed by atoms with E-state index in [0.29, 0.717) is 10.8 Å². The van der Waals surface area contributed by atoms with Crippen molar-refractivity contribution < 1.29 is 8.42 Å². The van der Waals surface area contributed by atoms with Gasteiger partial charge in [-0.3, -0.25) is 0 Å². The van der Waals surface area contributed by atoms with Crippen molar-refractivity contribution in [1.29, 1.82) is 0 Å². The number of hydrogen-bond donors (Lipinski definition) is 1. The number of likely N-dealkylation sites (tertiary alicyclic amines) is 1. The predicted molar refractivity (Wildman–Crippen MR) is 74.3 cm³/mol. The quantitative estimate of drug-likeness (QED) is 0.898. The lowest BCUT2D eigenvalue weighted by Gasteiger charge is -2.30. The molecule has 0 atom stereocenters. The number of sulfonamides is 1. The van der Waals surface area contributed by atoms with Crippen molar-refractivity contribution in [3.63, 3.8) is 0 Å².